The standard InChI is InChI=1S/C20H26N4O5S2/c1-11-5-6-13-14(8-11)31-17(16(13)18(26)28-2)21-15(25)10-30-20-23-22-19(27)24(20)9-12-4-3-7-29-12/h11-12H,3-10H2,1-2H3,(H,21,25)(H,22,27). The molecule has 3 heterocycles. The van der Waals surface area contributed by atoms with E-state index in [4.69, 9.17) is 9.47 Å². The predicted octanol–water partition coefficient (Wildman–Crippen LogP) is 2.45. The smallest absolute Gasteiger partial charge is 0.344 e. The van der Waals surface area contributed by atoms with Gasteiger partial charge in [0.1, 0.15) is 5.00 Å². The predicted molar refractivity (Wildman–Crippen MR) is 118 cm³/mol. The van der Waals surface area contributed by atoms with Gasteiger partial charge < -0.3 is 14.8 Å². The highest BCUT2D eigenvalue weighted by atomic mass is 32.2. The van der Waals surface area contributed by atoms with E-state index in [1.807, 2.05) is 0 Å². The van der Waals surface area contributed by atoms with E-state index >= 15 is 0 Å². The van der Waals surface area contributed by atoms with Crippen LogP contribution in [0.5, 0.6) is 0 Å². The van der Waals surface area contributed by atoms with Crippen LogP contribution in [-0.2, 0) is 33.7 Å². The Hall–Kier alpha value is -2.11. The number of carbonyl (C=O) groups excluding carboxylic acids is 2. The first-order valence-electron chi connectivity index (χ1n) is 10.4. The second-order valence-electron chi connectivity index (χ2n) is 7.94. The number of carbonyl (C=O) groups is 2. The highest BCUT2D eigenvalue weighted by Crippen LogP contribution is 2.40. The summed E-state index contributed by atoms with van der Waals surface area (Å²) in [4.78, 5) is 38.3. The quantitative estimate of drug-likeness (QED) is 0.476. The van der Waals surface area contributed by atoms with Crippen LogP contribution in [0.25, 0.3) is 0 Å². The number of hydrogen-bond acceptors (Lipinski definition) is 8. The number of esters is 1. The molecular formula is C20H26N4O5S2. The van der Waals surface area contributed by atoms with Gasteiger partial charge in [-0.2, -0.15) is 0 Å². The van der Waals surface area contributed by atoms with E-state index in [9.17, 15) is 14.4 Å². The highest BCUT2D eigenvalue weighted by Gasteiger charge is 2.29. The van der Waals surface area contributed by atoms with Gasteiger partial charge in [-0.05, 0) is 43.6 Å². The number of thioether (sulfide) groups is 1. The van der Waals surface area contributed by atoms with E-state index in [1.54, 1.807) is 0 Å². The van der Waals surface area contributed by atoms with Gasteiger partial charge in [0.2, 0.25) is 5.91 Å². The summed E-state index contributed by atoms with van der Waals surface area (Å²) >= 11 is 2.63. The molecule has 11 heteroatoms. The Bertz CT molecular complexity index is 1020. The van der Waals surface area contributed by atoms with Gasteiger partial charge in [0.05, 0.1) is 31.1 Å². The molecule has 2 atom stereocenters. The van der Waals surface area contributed by atoms with Crippen molar-refractivity contribution in [3.63, 3.8) is 0 Å². The number of anilines is 1. The molecule has 0 saturated carbocycles. The van der Waals surface area contributed by atoms with Gasteiger partial charge in [-0.1, -0.05) is 18.7 Å². The zero-order chi connectivity index (χ0) is 22.0. The number of thiophene rings is 1. The fourth-order valence-electron chi connectivity index (χ4n) is 4.02. The SMILES string of the molecule is COC(=O)c1c(NC(=O)CSc2n[nH]c(=O)n2CC2CCCO2)sc2c1CCC(C)C2. The third kappa shape index (κ3) is 4.88. The molecule has 9 nitrogen and oxygen atoms in total. The van der Waals surface area contributed by atoms with Crippen LogP contribution in [0.1, 0.15) is 47.0 Å². The van der Waals surface area contributed by atoms with Crippen LogP contribution >= 0.6 is 23.1 Å². The number of fused-ring (bicyclic) bond motifs is 1. The lowest BCUT2D eigenvalue weighted by molar-refractivity contribution is -0.113. The first-order chi connectivity index (χ1) is 15.0. The topological polar surface area (TPSA) is 115 Å². The average Bonchev–Trinajstić information content (AvgIpc) is 3.46. The van der Waals surface area contributed by atoms with Crippen molar-refractivity contribution in [3.8, 4) is 0 Å². The lowest BCUT2D eigenvalue weighted by Crippen LogP contribution is -2.25. The summed E-state index contributed by atoms with van der Waals surface area (Å²) in [6, 6.07) is 0. The third-order valence-corrected chi connectivity index (χ3v) is 7.77. The van der Waals surface area contributed by atoms with Gasteiger partial charge in [0.15, 0.2) is 5.16 Å². The Labute approximate surface area is 187 Å². The van der Waals surface area contributed by atoms with Crippen molar-refractivity contribution in [1.29, 1.82) is 0 Å². The minimum absolute atomic E-state index is 0.00841. The Morgan fingerprint density at radius 1 is 1.42 bits per heavy atom. The normalized spacial score (nSPS) is 20.5. The van der Waals surface area contributed by atoms with Crippen molar-refractivity contribution in [1.82, 2.24) is 14.8 Å². The lowest BCUT2D eigenvalue weighted by Gasteiger charge is -2.18. The number of aromatic nitrogens is 3. The Kier molecular flexibility index (Phi) is 6.83. The maximum atomic E-state index is 12.7. The van der Waals surface area contributed by atoms with Gasteiger partial charge in [-0.25, -0.2) is 14.7 Å². The van der Waals surface area contributed by atoms with Crippen molar-refractivity contribution in [2.45, 2.75) is 56.8 Å². The van der Waals surface area contributed by atoms with Crippen molar-refractivity contribution in [3.05, 3.63) is 26.5 Å². The number of nitrogens with zero attached hydrogens (tertiary/aromatic N) is 2. The molecule has 168 valence electrons. The number of nitrogens with one attached hydrogen (secondary N) is 2. The summed E-state index contributed by atoms with van der Waals surface area (Å²) in [6.45, 7) is 3.31. The van der Waals surface area contributed by atoms with Crippen molar-refractivity contribution >= 4 is 40.0 Å². The summed E-state index contributed by atoms with van der Waals surface area (Å²) < 4.78 is 12.1. The Morgan fingerprint density at radius 2 is 2.26 bits per heavy atom. The molecule has 4 rings (SSSR count). The molecule has 1 fully saturated rings. The Morgan fingerprint density at radius 3 is 3.00 bits per heavy atom. The van der Waals surface area contributed by atoms with Crippen LogP contribution in [0.15, 0.2) is 9.95 Å². The summed E-state index contributed by atoms with van der Waals surface area (Å²) in [6.07, 6.45) is 4.60. The molecule has 0 radical (unpaired) electrons. The van der Waals surface area contributed by atoms with Crippen LogP contribution in [0.4, 0.5) is 5.00 Å². The van der Waals surface area contributed by atoms with Gasteiger partial charge >= 0.3 is 11.7 Å². The summed E-state index contributed by atoms with van der Waals surface area (Å²) in [5.41, 5.74) is 1.16. The maximum Gasteiger partial charge on any atom is 0.344 e. The van der Waals surface area contributed by atoms with Crippen molar-refractivity contribution < 1.29 is 19.1 Å². The number of H-pyrrole nitrogens is 1. The van der Waals surface area contributed by atoms with Gasteiger partial charge in [0.25, 0.3) is 0 Å². The number of methoxy groups -OCH3 is 1. The zero-order valence-electron chi connectivity index (χ0n) is 17.6. The molecule has 1 aliphatic heterocycles. The number of ether oxygens (including phenoxy) is 2. The van der Waals surface area contributed by atoms with Gasteiger partial charge in [-0.15, -0.1) is 16.4 Å². The monoisotopic (exact) mass is 466 g/mol. The zero-order valence-corrected chi connectivity index (χ0v) is 19.2. The molecule has 2 aromatic heterocycles. The number of amides is 1. The average molecular weight is 467 g/mol. The second-order valence-corrected chi connectivity index (χ2v) is 9.99. The summed E-state index contributed by atoms with van der Waals surface area (Å²) in [5, 5.41) is 10.3. The summed E-state index contributed by atoms with van der Waals surface area (Å²) in [5.74, 6) is -0.0697. The number of rotatable bonds is 7. The molecule has 0 spiro atoms. The van der Waals surface area contributed by atoms with Crippen LogP contribution < -0.4 is 11.0 Å². The molecule has 0 aromatic carbocycles. The molecule has 31 heavy (non-hydrogen) atoms. The van der Waals surface area contributed by atoms with E-state index in [-0.39, 0.29) is 23.5 Å². The van der Waals surface area contributed by atoms with Crippen LogP contribution in [0, 0.1) is 5.92 Å². The van der Waals surface area contributed by atoms with Crippen LogP contribution in [-0.4, -0.2) is 52.2 Å². The second kappa shape index (κ2) is 9.58. The molecule has 1 aliphatic carbocycles. The van der Waals surface area contributed by atoms with E-state index in [1.165, 1.54) is 34.8 Å². The van der Waals surface area contributed by atoms with E-state index in [0.29, 0.717) is 34.8 Å². The minimum atomic E-state index is -0.423. The molecular weight excluding hydrogens is 440 g/mol. The third-order valence-electron chi connectivity index (χ3n) is 5.62. The molecule has 2 unspecified atom stereocenters. The number of hydrogen-bond donors (Lipinski definition) is 2. The minimum Gasteiger partial charge on any atom is -0.465 e. The highest BCUT2D eigenvalue weighted by molar-refractivity contribution is 7.99. The van der Waals surface area contributed by atoms with Gasteiger partial charge in [-0.3, -0.25) is 9.36 Å². The van der Waals surface area contributed by atoms with Gasteiger partial charge in [0, 0.05) is 11.5 Å². The van der Waals surface area contributed by atoms with Crippen LogP contribution in [0.3, 0.4) is 0 Å². The van der Waals surface area contributed by atoms with Crippen molar-refractivity contribution in [2.24, 2.45) is 5.92 Å². The summed E-state index contributed by atoms with van der Waals surface area (Å²) in [7, 11) is 1.35. The molecule has 1 amide bonds. The molecule has 2 aliphatic rings. The lowest BCUT2D eigenvalue weighted by atomic mass is 9.88. The first-order valence-corrected chi connectivity index (χ1v) is 12.2. The van der Waals surface area contributed by atoms with E-state index in [2.05, 4.69) is 22.4 Å². The van der Waals surface area contributed by atoms with Crippen molar-refractivity contribution in [2.75, 3.05) is 24.8 Å². The van der Waals surface area contributed by atoms with E-state index in [0.717, 1.165) is 42.5 Å². The Balaban J connectivity index is 1.44. The van der Waals surface area contributed by atoms with Crippen LogP contribution in [0.2, 0.25) is 0 Å². The maximum absolute atomic E-state index is 12.7. The van der Waals surface area contributed by atoms with E-state index < -0.39 is 5.97 Å². The molecule has 2 N–H and O–H groups in total. The largest absolute Gasteiger partial charge is 0.465 e. The fourth-order valence-corrected chi connectivity index (χ4v) is 6.19. The molecule has 2 aromatic rings. The molecule has 1 saturated heterocycles. The number of aromatic amines is 1. The molecule has 0 bridgehead atoms. The first kappa shape index (κ1) is 22.1. The fraction of sp³-hybridized carbons (Fsp3) is 0.600.